The number of rotatable bonds is 12. The molecule has 1 N–H and O–H groups in total. The second kappa shape index (κ2) is 11.7. The molecule has 0 fully saturated rings. The van der Waals surface area contributed by atoms with Crippen molar-refractivity contribution >= 4 is 0 Å². The van der Waals surface area contributed by atoms with Crippen LogP contribution in [0.25, 0.3) is 0 Å². The maximum absolute atomic E-state index is 5.97. The van der Waals surface area contributed by atoms with Crippen molar-refractivity contribution in [3.8, 4) is 5.75 Å². The average Bonchev–Trinajstić information content (AvgIpc) is 2.63. The molecule has 0 heterocycles. The Hall–Kier alpha value is -1.80. The lowest BCUT2D eigenvalue weighted by molar-refractivity contribution is 0.301. The largest absolute Gasteiger partial charge is 0.493 e. The Kier molecular flexibility index (Phi) is 9.03. The number of hydrogen-bond acceptors (Lipinski definition) is 2. The molecular weight excluding hydrogens is 294 g/mol. The molecule has 130 valence electrons. The van der Waals surface area contributed by atoms with E-state index in [0.717, 1.165) is 44.7 Å². The summed E-state index contributed by atoms with van der Waals surface area (Å²) in [7, 11) is 0. The second-order valence-corrected chi connectivity index (χ2v) is 6.28. The van der Waals surface area contributed by atoms with E-state index in [-0.39, 0.29) is 0 Å². The van der Waals surface area contributed by atoms with Gasteiger partial charge >= 0.3 is 0 Å². The first kappa shape index (κ1) is 18.5. The minimum Gasteiger partial charge on any atom is -0.493 e. The molecule has 0 amide bonds. The number of nitrogens with one attached hydrogen (secondary N) is 1. The van der Waals surface area contributed by atoms with Crippen LogP contribution in [0.2, 0.25) is 0 Å². The molecule has 0 aromatic heterocycles. The zero-order valence-corrected chi connectivity index (χ0v) is 15.0. The highest BCUT2D eigenvalue weighted by Gasteiger charge is 2.02. The molecule has 24 heavy (non-hydrogen) atoms. The summed E-state index contributed by atoms with van der Waals surface area (Å²) >= 11 is 0. The lowest BCUT2D eigenvalue weighted by Gasteiger charge is -2.12. The third-order valence-electron chi connectivity index (χ3n) is 4.21. The maximum Gasteiger partial charge on any atom is 0.123 e. The Morgan fingerprint density at radius 3 is 2.46 bits per heavy atom. The van der Waals surface area contributed by atoms with Crippen LogP contribution >= 0.6 is 0 Å². The van der Waals surface area contributed by atoms with Crippen molar-refractivity contribution in [2.75, 3.05) is 13.2 Å². The summed E-state index contributed by atoms with van der Waals surface area (Å²) in [6.45, 7) is 4.96. The van der Waals surface area contributed by atoms with Gasteiger partial charge in [0.15, 0.2) is 0 Å². The number of aryl methyl sites for hydroxylation is 1. The van der Waals surface area contributed by atoms with Crippen LogP contribution in [-0.2, 0) is 13.0 Å². The summed E-state index contributed by atoms with van der Waals surface area (Å²) in [5.41, 5.74) is 2.67. The maximum atomic E-state index is 5.97. The smallest absolute Gasteiger partial charge is 0.123 e. The Morgan fingerprint density at radius 1 is 0.833 bits per heavy atom. The van der Waals surface area contributed by atoms with Crippen molar-refractivity contribution < 1.29 is 4.74 Å². The summed E-state index contributed by atoms with van der Waals surface area (Å²) in [4.78, 5) is 0. The molecule has 2 aromatic rings. The number of unbranched alkanes of at least 4 members (excludes halogenated alkanes) is 3. The van der Waals surface area contributed by atoms with E-state index in [0.29, 0.717) is 0 Å². The van der Waals surface area contributed by atoms with Crippen LogP contribution in [0.15, 0.2) is 54.6 Å². The van der Waals surface area contributed by atoms with Gasteiger partial charge in [-0.2, -0.15) is 0 Å². The predicted molar refractivity (Wildman–Crippen MR) is 103 cm³/mol. The van der Waals surface area contributed by atoms with E-state index in [4.69, 9.17) is 4.74 Å². The highest BCUT2D eigenvalue weighted by Crippen LogP contribution is 2.18. The van der Waals surface area contributed by atoms with Gasteiger partial charge in [0.2, 0.25) is 0 Å². The Labute approximate surface area is 147 Å². The lowest BCUT2D eigenvalue weighted by Crippen LogP contribution is -2.16. The summed E-state index contributed by atoms with van der Waals surface area (Å²) in [6, 6.07) is 19.1. The average molecular weight is 325 g/mol. The molecule has 0 bridgehead atoms. The summed E-state index contributed by atoms with van der Waals surface area (Å²) < 4.78 is 5.97. The first-order valence-electron chi connectivity index (χ1n) is 9.35. The Morgan fingerprint density at radius 2 is 1.62 bits per heavy atom. The van der Waals surface area contributed by atoms with Crippen molar-refractivity contribution in [2.45, 2.75) is 52.0 Å². The van der Waals surface area contributed by atoms with Gasteiger partial charge in [-0.3, -0.25) is 0 Å². The minimum atomic E-state index is 0.824. The first-order valence-corrected chi connectivity index (χ1v) is 9.35. The van der Waals surface area contributed by atoms with Gasteiger partial charge in [-0.05, 0) is 37.4 Å². The van der Waals surface area contributed by atoms with Gasteiger partial charge in [-0.15, -0.1) is 0 Å². The number of para-hydroxylation sites is 1. The van der Waals surface area contributed by atoms with Gasteiger partial charge < -0.3 is 10.1 Å². The molecule has 0 aliphatic rings. The fourth-order valence-electron chi connectivity index (χ4n) is 2.79. The zero-order chi connectivity index (χ0) is 16.9. The predicted octanol–water partition coefficient (Wildman–Crippen LogP) is 5.37. The van der Waals surface area contributed by atoms with Gasteiger partial charge in [-0.25, -0.2) is 0 Å². The van der Waals surface area contributed by atoms with Crippen LogP contribution in [0.4, 0.5) is 0 Å². The number of ether oxygens (including phenoxy) is 1. The molecule has 0 aliphatic heterocycles. The Balaban J connectivity index is 1.66. The van der Waals surface area contributed by atoms with Crippen molar-refractivity contribution in [3.63, 3.8) is 0 Å². The standard InChI is InChI=1S/C22H31NO/c1-2-3-4-10-18-24-22-16-9-8-15-21(22)19-23-17-11-14-20-12-6-5-7-13-20/h5-9,12-13,15-16,23H,2-4,10-11,14,17-19H2,1H3. The van der Waals surface area contributed by atoms with Crippen LogP contribution in [-0.4, -0.2) is 13.2 Å². The van der Waals surface area contributed by atoms with Gasteiger partial charge in [0, 0.05) is 12.1 Å². The van der Waals surface area contributed by atoms with Crippen molar-refractivity contribution in [3.05, 3.63) is 65.7 Å². The molecule has 0 saturated carbocycles. The zero-order valence-electron chi connectivity index (χ0n) is 15.0. The van der Waals surface area contributed by atoms with Crippen molar-refractivity contribution in [1.82, 2.24) is 5.32 Å². The molecule has 2 rings (SSSR count). The van der Waals surface area contributed by atoms with Crippen LogP contribution in [0.5, 0.6) is 5.75 Å². The van der Waals surface area contributed by atoms with E-state index in [9.17, 15) is 0 Å². The van der Waals surface area contributed by atoms with E-state index in [1.165, 1.54) is 30.4 Å². The van der Waals surface area contributed by atoms with Gasteiger partial charge in [-0.1, -0.05) is 74.7 Å². The SMILES string of the molecule is CCCCCCOc1ccccc1CNCCCc1ccccc1. The van der Waals surface area contributed by atoms with Crippen LogP contribution < -0.4 is 10.1 Å². The third-order valence-corrected chi connectivity index (χ3v) is 4.21. The first-order chi connectivity index (χ1) is 11.9. The highest BCUT2D eigenvalue weighted by atomic mass is 16.5. The quantitative estimate of drug-likeness (QED) is 0.530. The molecule has 0 atom stereocenters. The summed E-state index contributed by atoms with van der Waals surface area (Å²) in [5.74, 6) is 1.03. The van der Waals surface area contributed by atoms with E-state index in [2.05, 4.69) is 66.8 Å². The topological polar surface area (TPSA) is 21.3 Å². The summed E-state index contributed by atoms with van der Waals surface area (Å²) in [5, 5.41) is 3.54. The van der Waals surface area contributed by atoms with E-state index in [1.54, 1.807) is 0 Å². The van der Waals surface area contributed by atoms with E-state index >= 15 is 0 Å². The van der Waals surface area contributed by atoms with Gasteiger partial charge in [0.1, 0.15) is 5.75 Å². The molecule has 0 saturated heterocycles. The van der Waals surface area contributed by atoms with Crippen LogP contribution in [0.1, 0.15) is 50.2 Å². The van der Waals surface area contributed by atoms with Crippen LogP contribution in [0.3, 0.4) is 0 Å². The molecule has 0 spiro atoms. The molecule has 0 radical (unpaired) electrons. The summed E-state index contributed by atoms with van der Waals surface area (Å²) in [6.07, 6.45) is 7.26. The molecule has 2 aromatic carbocycles. The number of benzene rings is 2. The van der Waals surface area contributed by atoms with Crippen molar-refractivity contribution in [2.24, 2.45) is 0 Å². The third kappa shape index (κ3) is 7.18. The normalized spacial score (nSPS) is 10.7. The van der Waals surface area contributed by atoms with E-state index < -0.39 is 0 Å². The molecular formula is C22H31NO. The molecule has 0 unspecified atom stereocenters. The molecule has 2 nitrogen and oxygen atoms in total. The van der Waals surface area contributed by atoms with Gasteiger partial charge in [0.25, 0.3) is 0 Å². The lowest BCUT2D eigenvalue weighted by atomic mass is 10.1. The monoisotopic (exact) mass is 325 g/mol. The van der Waals surface area contributed by atoms with E-state index in [1.807, 2.05) is 0 Å². The molecule has 2 heteroatoms. The number of hydrogen-bond donors (Lipinski definition) is 1. The van der Waals surface area contributed by atoms with Crippen LogP contribution in [0, 0.1) is 0 Å². The fourth-order valence-corrected chi connectivity index (χ4v) is 2.79. The minimum absolute atomic E-state index is 0.824. The second-order valence-electron chi connectivity index (χ2n) is 6.28. The van der Waals surface area contributed by atoms with Gasteiger partial charge in [0.05, 0.1) is 6.61 Å². The fraction of sp³-hybridized carbons (Fsp3) is 0.455. The molecule has 0 aliphatic carbocycles. The van der Waals surface area contributed by atoms with Crippen molar-refractivity contribution in [1.29, 1.82) is 0 Å². The highest BCUT2D eigenvalue weighted by molar-refractivity contribution is 5.33. The Bertz CT molecular complexity index is 553.